The van der Waals surface area contributed by atoms with Gasteiger partial charge in [-0.3, -0.25) is 19.4 Å². The van der Waals surface area contributed by atoms with Crippen molar-refractivity contribution < 1.29 is 19.1 Å². The Kier molecular flexibility index (Phi) is 7.08. The zero-order valence-corrected chi connectivity index (χ0v) is 16.9. The summed E-state index contributed by atoms with van der Waals surface area (Å²) in [5.41, 5.74) is 0. The summed E-state index contributed by atoms with van der Waals surface area (Å²) >= 11 is 0. The first-order valence-electron chi connectivity index (χ1n) is 10.2. The summed E-state index contributed by atoms with van der Waals surface area (Å²) in [5, 5.41) is 0. The van der Waals surface area contributed by atoms with Gasteiger partial charge in [-0.15, -0.1) is 0 Å². The van der Waals surface area contributed by atoms with Gasteiger partial charge in [-0.05, 0) is 20.8 Å². The van der Waals surface area contributed by atoms with Crippen LogP contribution in [0.4, 0.5) is 0 Å². The van der Waals surface area contributed by atoms with Crippen molar-refractivity contribution in [3.63, 3.8) is 0 Å². The van der Waals surface area contributed by atoms with Crippen molar-refractivity contribution >= 4 is 11.8 Å². The van der Waals surface area contributed by atoms with Gasteiger partial charge in [-0.1, -0.05) is 0 Å². The molecule has 8 heteroatoms. The summed E-state index contributed by atoms with van der Waals surface area (Å²) in [4.78, 5) is 33.4. The van der Waals surface area contributed by atoms with E-state index in [1.807, 2.05) is 23.6 Å². The van der Waals surface area contributed by atoms with Gasteiger partial charge in [0.05, 0.1) is 38.5 Å². The molecule has 0 radical (unpaired) electrons. The van der Waals surface area contributed by atoms with Gasteiger partial charge in [0.25, 0.3) is 0 Å². The van der Waals surface area contributed by atoms with Crippen LogP contribution in [0.2, 0.25) is 0 Å². The summed E-state index contributed by atoms with van der Waals surface area (Å²) < 4.78 is 11.0. The third-order valence-corrected chi connectivity index (χ3v) is 5.73. The minimum atomic E-state index is 0.117. The highest BCUT2D eigenvalue weighted by Gasteiger charge is 2.30. The Morgan fingerprint density at radius 3 is 1.85 bits per heavy atom. The lowest BCUT2D eigenvalue weighted by Gasteiger charge is -2.41. The first-order valence-corrected chi connectivity index (χ1v) is 10.2. The molecule has 154 valence electrons. The highest BCUT2D eigenvalue weighted by atomic mass is 16.5. The van der Waals surface area contributed by atoms with Crippen molar-refractivity contribution in [2.24, 2.45) is 0 Å². The lowest BCUT2D eigenvalue weighted by atomic mass is 10.1. The quantitative estimate of drug-likeness (QED) is 0.652. The molecule has 0 spiro atoms. The van der Waals surface area contributed by atoms with Gasteiger partial charge in [0.2, 0.25) is 11.8 Å². The predicted octanol–water partition coefficient (Wildman–Crippen LogP) is -0.513. The average molecular weight is 383 g/mol. The van der Waals surface area contributed by atoms with E-state index >= 15 is 0 Å². The predicted molar refractivity (Wildman–Crippen MR) is 101 cm³/mol. The monoisotopic (exact) mass is 382 g/mol. The van der Waals surface area contributed by atoms with Crippen LogP contribution in [0, 0.1) is 0 Å². The van der Waals surface area contributed by atoms with Crippen LogP contribution in [0.1, 0.15) is 20.8 Å². The van der Waals surface area contributed by atoms with E-state index in [9.17, 15) is 9.59 Å². The number of nitrogens with zero attached hydrogens (tertiary/aromatic N) is 4. The summed E-state index contributed by atoms with van der Waals surface area (Å²) in [6.45, 7) is 13.5. The largest absolute Gasteiger partial charge is 0.375 e. The van der Waals surface area contributed by atoms with Crippen LogP contribution >= 0.6 is 0 Å². The maximum absolute atomic E-state index is 12.6. The number of carbonyl (C=O) groups excluding carboxylic acids is 2. The van der Waals surface area contributed by atoms with Gasteiger partial charge in [0, 0.05) is 51.9 Å². The van der Waals surface area contributed by atoms with Crippen LogP contribution in [0.15, 0.2) is 0 Å². The van der Waals surface area contributed by atoms with Crippen molar-refractivity contribution in [1.82, 2.24) is 19.6 Å². The number of carbonyl (C=O) groups is 2. The standard InChI is InChI=1S/C19H34N4O4/c1-15-10-20(13-18(24)22-6-8-26-16(2)11-22)4-5-21(15)14-19(25)23-7-9-27-17(3)12-23/h15-17H,4-14H2,1-3H3. The van der Waals surface area contributed by atoms with Crippen LogP contribution in [0.5, 0.6) is 0 Å². The van der Waals surface area contributed by atoms with Crippen LogP contribution < -0.4 is 0 Å². The second kappa shape index (κ2) is 9.32. The first kappa shape index (κ1) is 20.5. The van der Waals surface area contributed by atoms with Gasteiger partial charge in [-0.25, -0.2) is 0 Å². The van der Waals surface area contributed by atoms with Crippen molar-refractivity contribution in [2.75, 3.05) is 72.1 Å². The Labute approximate surface area is 162 Å². The molecule has 0 aromatic heterocycles. The molecule has 3 heterocycles. The molecule has 3 unspecified atom stereocenters. The summed E-state index contributed by atoms with van der Waals surface area (Å²) in [6.07, 6.45) is 0.235. The molecule has 27 heavy (non-hydrogen) atoms. The highest BCUT2D eigenvalue weighted by molar-refractivity contribution is 5.79. The molecule has 0 aromatic rings. The van der Waals surface area contributed by atoms with Crippen LogP contribution in [-0.2, 0) is 19.1 Å². The summed E-state index contributed by atoms with van der Waals surface area (Å²) in [5.74, 6) is 0.369. The van der Waals surface area contributed by atoms with Gasteiger partial charge in [0.1, 0.15) is 0 Å². The molecular formula is C19H34N4O4. The van der Waals surface area contributed by atoms with E-state index in [4.69, 9.17) is 9.47 Å². The fraction of sp³-hybridized carbons (Fsp3) is 0.895. The first-order chi connectivity index (χ1) is 12.9. The smallest absolute Gasteiger partial charge is 0.236 e. The number of rotatable bonds is 4. The molecule has 3 fully saturated rings. The highest BCUT2D eigenvalue weighted by Crippen LogP contribution is 2.13. The molecule has 3 saturated heterocycles. The van der Waals surface area contributed by atoms with Crippen LogP contribution in [0.25, 0.3) is 0 Å². The number of morpholine rings is 2. The number of piperazine rings is 1. The third kappa shape index (κ3) is 5.63. The lowest BCUT2D eigenvalue weighted by molar-refractivity contribution is -0.142. The van der Waals surface area contributed by atoms with Crippen molar-refractivity contribution in [1.29, 1.82) is 0 Å². The van der Waals surface area contributed by atoms with E-state index in [0.717, 1.165) is 19.6 Å². The van der Waals surface area contributed by atoms with Gasteiger partial charge in [0.15, 0.2) is 0 Å². The second-order valence-corrected chi connectivity index (χ2v) is 8.10. The Balaban J connectivity index is 1.43. The SMILES string of the molecule is CC1CN(C(=O)CN2CCN(CC(=O)N3CCOC(C)C3)C(C)C2)CCO1. The topological polar surface area (TPSA) is 65.6 Å². The molecule has 2 amide bonds. The average Bonchev–Trinajstić information content (AvgIpc) is 2.64. The fourth-order valence-corrected chi connectivity index (χ4v) is 4.10. The number of hydrogen-bond acceptors (Lipinski definition) is 6. The lowest BCUT2D eigenvalue weighted by Crippen LogP contribution is -2.57. The molecule has 0 N–H and O–H groups in total. The van der Waals surface area contributed by atoms with Crippen LogP contribution in [0.3, 0.4) is 0 Å². The van der Waals surface area contributed by atoms with Gasteiger partial charge in [-0.2, -0.15) is 0 Å². The molecule has 3 rings (SSSR count). The molecule has 0 saturated carbocycles. The van der Waals surface area contributed by atoms with Crippen LogP contribution in [-0.4, -0.2) is 122 Å². The summed E-state index contributed by atoms with van der Waals surface area (Å²) in [6, 6.07) is 0.262. The fourth-order valence-electron chi connectivity index (χ4n) is 4.10. The second-order valence-electron chi connectivity index (χ2n) is 8.10. The zero-order chi connectivity index (χ0) is 19.4. The van der Waals surface area contributed by atoms with E-state index in [2.05, 4.69) is 16.7 Å². The van der Waals surface area contributed by atoms with E-state index in [1.165, 1.54) is 0 Å². The Bertz CT molecular complexity index is 532. The molecule has 3 aliphatic heterocycles. The molecule has 3 aliphatic rings. The zero-order valence-electron chi connectivity index (χ0n) is 16.9. The van der Waals surface area contributed by atoms with E-state index in [0.29, 0.717) is 52.5 Å². The molecule has 3 atom stereocenters. The molecule has 0 bridgehead atoms. The number of amides is 2. The maximum Gasteiger partial charge on any atom is 0.236 e. The molecule has 0 aromatic carbocycles. The van der Waals surface area contributed by atoms with Crippen molar-refractivity contribution in [3.8, 4) is 0 Å². The van der Waals surface area contributed by atoms with Gasteiger partial charge < -0.3 is 19.3 Å². The molecular weight excluding hydrogens is 348 g/mol. The Morgan fingerprint density at radius 2 is 1.33 bits per heavy atom. The number of hydrogen-bond donors (Lipinski definition) is 0. The number of ether oxygens (including phenoxy) is 2. The Hall–Kier alpha value is -1.22. The Morgan fingerprint density at radius 1 is 0.778 bits per heavy atom. The normalized spacial score (nSPS) is 31.1. The van der Waals surface area contributed by atoms with Crippen molar-refractivity contribution in [2.45, 2.75) is 39.0 Å². The van der Waals surface area contributed by atoms with E-state index < -0.39 is 0 Å². The minimum absolute atomic E-state index is 0.117. The maximum atomic E-state index is 12.6. The van der Waals surface area contributed by atoms with Crippen molar-refractivity contribution in [3.05, 3.63) is 0 Å². The molecule has 0 aliphatic carbocycles. The van der Waals surface area contributed by atoms with Gasteiger partial charge >= 0.3 is 0 Å². The summed E-state index contributed by atoms with van der Waals surface area (Å²) in [7, 11) is 0. The minimum Gasteiger partial charge on any atom is -0.375 e. The van der Waals surface area contributed by atoms with E-state index in [1.54, 1.807) is 0 Å². The van der Waals surface area contributed by atoms with E-state index in [-0.39, 0.29) is 30.1 Å². The molecule has 8 nitrogen and oxygen atoms in total. The third-order valence-electron chi connectivity index (χ3n) is 5.73.